The number of benzene rings is 1. The van der Waals surface area contributed by atoms with Gasteiger partial charge in [-0.15, -0.1) is 0 Å². The predicted octanol–water partition coefficient (Wildman–Crippen LogP) is 1.71. The third-order valence-corrected chi connectivity index (χ3v) is 3.41. The van der Waals surface area contributed by atoms with Gasteiger partial charge >= 0.3 is 0 Å². The third kappa shape index (κ3) is 5.64. The lowest BCUT2D eigenvalue weighted by atomic mass is 10.2. The van der Waals surface area contributed by atoms with E-state index < -0.39 is 6.10 Å². The van der Waals surface area contributed by atoms with Crippen LogP contribution in [0.2, 0.25) is 0 Å². The molecule has 0 saturated heterocycles. The van der Waals surface area contributed by atoms with Gasteiger partial charge in [0, 0.05) is 18.4 Å². The van der Waals surface area contributed by atoms with E-state index in [-0.39, 0.29) is 19.1 Å². The predicted molar refractivity (Wildman–Crippen MR) is 90.0 cm³/mol. The fourth-order valence-electron chi connectivity index (χ4n) is 2.01. The number of carbonyl (C=O) groups is 1. The number of pyridine rings is 1. The first-order chi connectivity index (χ1) is 11.6. The van der Waals surface area contributed by atoms with E-state index in [2.05, 4.69) is 10.3 Å². The summed E-state index contributed by atoms with van der Waals surface area (Å²) in [6.45, 7) is 2.50. The number of hydrogen-bond donors (Lipinski definition) is 2. The second kappa shape index (κ2) is 9.00. The number of hydrogen-bond acceptors (Lipinski definition) is 5. The van der Waals surface area contributed by atoms with Crippen molar-refractivity contribution < 1.29 is 19.4 Å². The SMILES string of the molecule is COc1ccc(COCC(O)CNC(=O)c2ccc(C)nc2)cc1. The molecule has 1 unspecified atom stereocenters. The van der Waals surface area contributed by atoms with Crippen LogP contribution < -0.4 is 10.1 Å². The van der Waals surface area contributed by atoms with Gasteiger partial charge < -0.3 is 19.9 Å². The van der Waals surface area contributed by atoms with Crippen molar-refractivity contribution in [1.29, 1.82) is 0 Å². The van der Waals surface area contributed by atoms with Crippen molar-refractivity contribution in [1.82, 2.24) is 10.3 Å². The molecule has 128 valence electrons. The highest BCUT2D eigenvalue weighted by molar-refractivity contribution is 5.93. The Morgan fingerprint density at radius 1 is 1.25 bits per heavy atom. The van der Waals surface area contributed by atoms with Crippen LogP contribution in [0.25, 0.3) is 0 Å². The molecule has 2 rings (SSSR count). The summed E-state index contributed by atoms with van der Waals surface area (Å²) in [5.74, 6) is 0.517. The summed E-state index contributed by atoms with van der Waals surface area (Å²) in [6, 6.07) is 11.0. The summed E-state index contributed by atoms with van der Waals surface area (Å²) in [6.07, 6.45) is 0.739. The zero-order chi connectivity index (χ0) is 17.4. The highest BCUT2D eigenvalue weighted by Crippen LogP contribution is 2.11. The summed E-state index contributed by atoms with van der Waals surface area (Å²) in [4.78, 5) is 16.0. The number of carbonyl (C=O) groups excluding carboxylic acids is 1. The van der Waals surface area contributed by atoms with Crippen LogP contribution in [0.4, 0.5) is 0 Å². The summed E-state index contributed by atoms with van der Waals surface area (Å²) in [5, 5.41) is 12.5. The zero-order valence-corrected chi connectivity index (χ0v) is 13.9. The Kier molecular flexibility index (Phi) is 6.72. The lowest BCUT2D eigenvalue weighted by Crippen LogP contribution is -2.34. The number of aryl methyl sites for hydroxylation is 1. The summed E-state index contributed by atoms with van der Waals surface area (Å²) in [5.41, 5.74) is 2.29. The monoisotopic (exact) mass is 330 g/mol. The largest absolute Gasteiger partial charge is 0.497 e. The summed E-state index contributed by atoms with van der Waals surface area (Å²) >= 11 is 0. The number of amides is 1. The van der Waals surface area contributed by atoms with E-state index in [0.29, 0.717) is 12.2 Å². The van der Waals surface area contributed by atoms with Gasteiger partial charge in [-0.1, -0.05) is 12.1 Å². The van der Waals surface area contributed by atoms with Gasteiger partial charge in [0.15, 0.2) is 0 Å². The highest BCUT2D eigenvalue weighted by atomic mass is 16.5. The van der Waals surface area contributed by atoms with Gasteiger partial charge in [-0.25, -0.2) is 0 Å². The lowest BCUT2D eigenvalue weighted by molar-refractivity contribution is 0.0285. The van der Waals surface area contributed by atoms with Crippen molar-refractivity contribution in [3.63, 3.8) is 0 Å². The van der Waals surface area contributed by atoms with Crippen LogP contribution in [-0.4, -0.2) is 42.4 Å². The topological polar surface area (TPSA) is 80.7 Å². The molecule has 24 heavy (non-hydrogen) atoms. The van der Waals surface area contributed by atoms with Crippen molar-refractivity contribution in [3.8, 4) is 5.75 Å². The van der Waals surface area contributed by atoms with E-state index in [9.17, 15) is 9.90 Å². The van der Waals surface area contributed by atoms with Crippen molar-refractivity contribution in [2.45, 2.75) is 19.6 Å². The molecule has 1 atom stereocenters. The Labute approximate surface area is 141 Å². The number of aliphatic hydroxyl groups is 1. The van der Waals surface area contributed by atoms with E-state index in [1.165, 1.54) is 6.20 Å². The van der Waals surface area contributed by atoms with Gasteiger partial charge in [0.25, 0.3) is 5.91 Å². The van der Waals surface area contributed by atoms with Crippen molar-refractivity contribution in [3.05, 3.63) is 59.4 Å². The minimum absolute atomic E-state index is 0.120. The molecule has 1 aromatic carbocycles. The normalized spacial score (nSPS) is 11.8. The van der Waals surface area contributed by atoms with Crippen LogP contribution >= 0.6 is 0 Å². The lowest BCUT2D eigenvalue weighted by Gasteiger charge is -2.12. The molecule has 0 radical (unpaired) electrons. The Hall–Kier alpha value is -2.44. The number of aromatic nitrogens is 1. The first kappa shape index (κ1) is 17.9. The van der Waals surface area contributed by atoms with Crippen LogP contribution in [0.1, 0.15) is 21.6 Å². The van der Waals surface area contributed by atoms with Gasteiger partial charge in [0.1, 0.15) is 5.75 Å². The molecule has 2 N–H and O–H groups in total. The fourth-order valence-corrected chi connectivity index (χ4v) is 2.01. The number of ether oxygens (including phenoxy) is 2. The van der Waals surface area contributed by atoms with Crippen LogP contribution in [0, 0.1) is 6.92 Å². The minimum atomic E-state index is -0.773. The average molecular weight is 330 g/mol. The highest BCUT2D eigenvalue weighted by Gasteiger charge is 2.09. The maximum Gasteiger partial charge on any atom is 0.252 e. The van der Waals surface area contributed by atoms with E-state index in [4.69, 9.17) is 9.47 Å². The minimum Gasteiger partial charge on any atom is -0.497 e. The molecule has 1 amide bonds. The fraction of sp³-hybridized carbons (Fsp3) is 0.333. The van der Waals surface area contributed by atoms with E-state index >= 15 is 0 Å². The number of aliphatic hydroxyl groups excluding tert-OH is 1. The molecule has 2 aromatic rings. The van der Waals surface area contributed by atoms with E-state index in [0.717, 1.165) is 17.0 Å². The molecule has 0 aliphatic carbocycles. The van der Waals surface area contributed by atoms with Gasteiger partial charge in [0.05, 0.1) is 32.0 Å². The molecule has 6 nitrogen and oxygen atoms in total. The maximum atomic E-state index is 11.9. The molecule has 0 fully saturated rings. The molecule has 0 spiro atoms. The third-order valence-electron chi connectivity index (χ3n) is 3.41. The molecule has 1 heterocycles. The Balaban J connectivity index is 1.68. The molecule has 0 aliphatic rings. The number of methoxy groups -OCH3 is 1. The van der Waals surface area contributed by atoms with Crippen LogP contribution in [0.5, 0.6) is 5.75 Å². The van der Waals surface area contributed by atoms with Gasteiger partial charge in [-0.05, 0) is 36.8 Å². The van der Waals surface area contributed by atoms with Gasteiger partial charge in [0.2, 0.25) is 0 Å². The van der Waals surface area contributed by atoms with Gasteiger partial charge in [-0.2, -0.15) is 0 Å². The molecule has 0 saturated carbocycles. The van der Waals surface area contributed by atoms with Crippen LogP contribution in [0.15, 0.2) is 42.6 Å². The first-order valence-corrected chi connectivity index (χ1v) is 7.68. The van der Waals surface area contributed by atoms with Gasteiger partial charge in [-0.3, -0.25) is 9.78 Å². The first-order valence-electron chi connectivity index (χ1n) is 7.68. The Bertz CT molecular complexity index is 641. The number of nitrogens with zero attached hydrogens (tertiary/aromatic N) is 1. The number of nitrogens with one attached hydrogen (secondary N) is 1. The van der Waals surface area contributed by atoms with Crippen LogP contribution in [-0.2, 0) is 11.3 Å². The maximum absolute atomic E-state index is 11.9. The Morgan fingerprint density at radius 3 is 2.62 bits per heavy atom. The molecular formula is C18H22N2O4. The molecule has 6 heteroatoms. The standard InChI is InChI=1S/C18H22N2O4/c1-13-3-6-15(9-19-13)18(22)20-10-16(21)12-24-11-14-4-7-17(23-2)8-5-14/h3-9,16,21H,10-12H2,1-2H3,(H,20,22). The summed E-state index contributed by atoms with van der Waals surface area (Å²) < 4.78 is 10.5. The smallest absolute Gasteiger partial charge is 0.252 e. The molecule has 1 aromatic heterocycles. The van der Waals surface area contributed by atoms with E-state index in [1.807, 2.05) is 31.2 Å². The van der Waals surface area contributed by atoms with Crippen molar-refractivity contribution in [2.24, 2.45) is 0 Å². The second-order valence-electron chi connectivity index (χ2n) is 5.42. The molecular weight excluding hydrogens is 308 g/mol. The molecule has 0 aliphatic heterocycles. The summed E-state index contributed by atoms with van der Waals surface area (Å²) in [7, 11) is 1.61. The average Bonchev–Trinajstić information content (AvgIpc) is 2.61. The van der Waals surface area contributed by atoms with Crippen LogP contribution in [0.3, 0.4) is 0 Å². The van der Waals surface area contributed by atoms with Crippen molar-refractivity contribution >= 4 is 5.91 Å². The number of rotatable bonds is 8. The Morgan fingerprint density at radius 2 is 2.00 bits per heavy atom. The molecule has 0 bridgehead atoms. The zero-order valence-electron chi connectivity index (χ0n) is 13.9. The van der Waals surface area contributed by atoms with E-state index in [1.54, 1.807) is 19.2 Å². The van der Waals surface area contributed by atoms with Crippen molar-refractivity contribution in [2.75, 3.05) is 20.3 Å². The quantitative estimate of drug-likeness (QED) is 0.770. The second-order valence-corrected chi connectivity index (χ2v) is 5.42.